The van der Waals surface area contributed by atoms with E-state index in [2.05, 4.69) is 15.9 Å². The first kappa shape index (κ1) is 18.8. The molecule has 7 heteroatoms. The number of carbonyl (C=O) groups excluding carboxylic acids is 3. The first-order valence-electron chi connectivity index (χ1n) is 8.35. The Kier molecular flexibility index (Phi) is 5.38. The smallest absolute Gasteiger partial charge is 0.261 e. The van der Waals surface area contributed by atoms with E-state index < -0.39 is 0 Å². The third-order valence-corrected chi connectivity index (χ3v) is 4.96. The Labute approximate surface area is 165 Å². The normalized spacial score (nSPS) is 12.7. The van der Waals surface area contributed by atoms with Gasteiger partial charge in [-0.2, -0.15) is 5.26 Å². The molecule has 27 heavy (non-hydrogen) atoms. The predicted molar refractivity (Wildman–Crippen MR) is 103 cm³/mol. The van der Waals surface area contributed by atoms with E-state index in [1.54, 1.807) is 49.5 Å². The summed E-state index contributed by atoms with van der Waals surface area (Å²) < 4.78 is 0.739. The molecule has 0 unspecified atom stereocenters. The van der Waals surface area contributed by atoms with Crippen LogP contribution in [-0.2, 0) is 4.79 Å². The molecule has 1 heterocycles. The van der Waals surface area contributed by atoms with Crippen LogP contribution < -0.4 is 4.90 Å². The monoisotopic (exact) mass is 425 g/mol. The standard InChI is InChI=1S/C20H16BrN3O3/c1-23(15-7-4-13(12-22)5-8-15)18(25)3-2-10-24-19(26)16-9-6-14(21)11-17(16)20(24)27/h4-9,11H,2-3,10H2,1H3. The van der Waals surface area contributed by atoms with E-state index in [0.29, 0.717) is 28.8 Å². The summed E-state index contributed by atoms with van der Waals surface area (Å²) in [5.41, 5.74) is 1.99. The van der Waals surface area contributed by atoms with E-state index in [0.717, 1.165) is 4.47 Å². The van der Waals surface area contributed by atoms with Crippen LogP contribution in [0.3, 0.4) is 0 Å². The second-order valence-corrected chi connectivity index (χ2v) is 7.08. The maximum atomic E-state index is 12.4. The third kappa shape index (κ3) is 3.76. The molecule has 0 radical (unpaired) electrons. The summed E-state index contributed by atoms with van der Waals surface area (Å²) in [6, 6.07) is 13.7. The maximum Gasteiger partial charge on any atom is 0.261 e. The van der Waals surface area contributed by atoms with Gasteiger partial charge in [0.1, 0.15) is 0 Å². The average Bonchev–Trinajstić information content (AvgIpc) is 2.91. The Morgan fingerprint density at radius 3 is 2.44 bits per heavy atom. The molecule has 0 saturated carbocycles. The predicted octanol–water partition coefficient (Wildman–Crippen LogP) is 3.36. The molecule has 0 spiro atoms. The van der Waals surface area contributed by atoms with Gasteiger partial charge in [0.25, 0.3) is 11.8 Å². The van der Waals surface area contributed by atoms with Crippen molar-refractivity contribution in [2.24, 2.45) is 0 Å². The lowest BCUT2D eigenvalue weighted by atomic mass is 10.1. The molecule has 0 fully saturated rings. The zero-order valence-corrected chi connectivity index (χ0v) is 16.2. The van der Waals surface area contributed by atoms with Crippen molar-refractivity contribution in [2.75, 3.05) is 18.5 Å². The van der Waals surface area contributed by atoms with Crippen LogP contribution in [0.2, 0.25) is 0 Å². The molecular formula is C20H16BrN3O3. The highest BCUT2D eigenvalue weighted by molar-refractivity contribution is 9.10. The molecule has 0 aliphatic carbocycles. The van der Waals surface area contributed by atoms with Gasteiger partial charge in [-0.25, -0.2) is 0 Å². The largest absolute Gasteiger partial charge is 0.316 e. The van der Waals surface area contributed by atoms with E-state index in [1.165, 1.54) is 9.80 Å². The van der Waals surface area contributed by atoms with Crippen LogP contribution >= 0.6 is 15.9 Å². The number of fused-ring (bicyclic) bond motifs is 1. The van der Waals surface area contributed by atoms with Crippen molar-refractivity contribution in [3.63, 3.8) is 0 Å². The van der Waals surface area contributed by atoms with Gasteiger partial charge < -0.3 is 4.90 Å². The Morgan fingerprint density at radius 1 is 1.11 bits per heavy atom. The minimum Gasteiger partial charge on any atom is -0.316 e. The van der Waals surface area contributed by atoms with Crippen LogP contribution in [0.1, 0.15) is 39.1 Å². The Bertz CT molecular complexity index is 963. The van der Waals surface area contributed by atoms with Crippen LogP contribution in [0.25, 0.3) is 0 Å². The van der Waals surface area contributed by atoms with E-state index >= 15 is 0 Å². The van der Waals surface area contributed by atoms with Crippen LogP contribution in [0, 0.1) is 11.3 Å². The molecule has 0 saturated heterocycles. The van der Waals surface area contributed by atoms with Crippen molar-refractivity contribution in [3.05, 3.63) is 63.6 Å². The molecule has 3 rings (SSSR count). The van der Waals surface area contributed by atoms with Gasteiger partial charge in [0, 0.05) is 30.2 Å². The SMILES string of the molecule is CN(C(=O)CCCN1C(=O)c2ccc(Br)cc2C1=O)c1ccc(C#N)cc1. The quantitative estimate of drug-likeness (QED) is 0.687. The highest BCUT2D eigenvalue weighted by Gasteiger charge is 2.35. The number of rotatable bonds is 5. The highest BCUT2D eigenvalue weighted by atomic mass is 79.9. The summed E-state index contributed by atoms with van der Waals surface area (Å²) >= 11 is 3.30. The number of nitriles is 1. The van der Waals surface area contributed by atoms with Crippen LogP contribution in [0.5, 0.6) is 0 Å². The number of anilines is 1. The van der Waals surface area contributed by atoms with Crippen molar-refractivity contribution in [1.29, 1.82) is 5.26 Å². The lowest BCUT2D eigenvalue weighted by molar-refractivity contribution is -0.118. The molecule has 136 valence electrons. The van der Waals surface area contributed by atoms with Gasteiger partial charge in [0.15, 0.2) is 0 Å². The second kappa shape index (κ2) is 7.72. The van der Waals surface area contributed by atoms with E-state index in [-0.39, 0.29) is 30.7 Å². The number of imide groups is 1. The number of amides is 3. The highest BCUT2D eigenvalue weighted by Crippen LogP contribution is 2.26. The molecule has 6 nitrogen and oxygen atoms in total. The Morgan fingerprint density at radius 2 is 1.78 bits per heavy atom. The number of nitrogens with zero attached hydrogens (tertiary/aromatic N) is 3. The Balaban J connectivity index is 1.58. The molecule has 3 amide bonds. The molecule has 0 aromatic heterocycles. The van der Waals surface area contributed by atoms with Crippen molar-refractivity contribution < 1.29 is 14.4 Å². The first-order chi connectivity index (χ1) is 12.9. The summed E-state index contributed by atoms with van der Waals surface area (Å²) in [6.45, 7) is 0.191. The first-order valence-corrected chi connectivity index (χ1v) is 9.14. The third-order valence-electron chi connectivity index (χ3n) is 4.46. The van der Waals surface area contributed by atoms with Gasteiger partial charge in [-0.05, 0) is 48.9 Å². The molecule has 2 aromatic rings. The lowest BCUT2D eigenvalue weighted by Crippen LogP contribution is -2.32. The molecule has 0 bridgehead atoms. The zero-order chi connectivity index (χ0) is 19.6. The number of halogens is 1. The van der Waals surface area contributed by atoms with Crippen LogP contribution in [0.4, 0.5) is 5.69 Å². The van der Waals surface area contributed by atoms with Gasteiger partial charge in [0.05, 0.1) is 22.8 Å². The summed E-state index contributed by atoms with van der Waals surface area (Å²) in [4.78, 5) is 39.8. The van der Waals surface area contributed by atoms with Crippen molar-refractivity contribution in [2.45, 2.75) is 12.8 Å². The van der Waals surface area contributed by atoms with Crippen molar-refractivity contribution in [3.8, 4) is 6.07 Å². The number of hydrogen-bond acceptors (Lipinski definition) is 4. The minimum atomic E-state index is -0.329. The molecule has 0 N–H and O–H groups in total. The molecule has 1 aliphatic rings. The van der Waals surface area contributed by atoms with E-state index in [1.807, 2.05) is 6.07 Å². The number of benzene rings is 2. The molecule has 2 aromatic carbocycles. The fourth-order valence-electron chi connectivity index (χ4n) is 2.93. The Hall–Kier alpha value is -2.98. The van der Waals surface area contributed by atoms with Crippen molar-refractivity contribution >= 4 is 39.3 Å². The summed E-state index contributed by atoms with van der Waals surface area (Å²) in [6.07, 6.45) is 0.583. The summed E-state index contributed by atoms with van der Waals surface area (Å²) in [5.74, 6) is -0.779. The topological polar surface area (TPSA) is 81.5 Å². The van der Waals surface area contributed by atoms with Gasteiger partial charge in [-0.3, -0.25) is 19.3 Å². The van der Waals surface area contributed by atoms with Gasteiger partial charge in [-0.15, -0.1) is 0 Å². The number of hydrogen-bond donors (Lipinski definition) is 0. The van der Waals surface area contributed by atoms with Crippen molar-refractivity contribution in [1.82, 2.24) is 4.90 Å². The molecule has 0 atom stereocenters. The minimum absolute atomic E-state index is 0.126. The summed E-state index contributed by atoms with van der Waals surface area (Å²) in [5, 5.41) is 8.83. The lowest BCUT2D eigenvalue weighted by Gasteiger charge is -2.18. The maximum absolute atomic E-state index is 12.4. The fourth-order valence-corrected chi connectivity index (χ4v) is 3.29. The average molecular weight is 426 g/mol. The van der Waals surface area contributed by atoms with Crippen LogP contribution in [-0.4, -0.2) is 36.2 Å². The van der Waals surface area contributed by atoms with E-state index in [4.69, 9.17) is 5.26 Å². The number of carbonyl (C=O) groups is 3. The van der Waals surface area contributed by atoms with Gasteiger partial charge in [0.2, 0.25) is 5.91 Å². The van der Waals surface area contributed by atoms with Gasteiger partial charge >= 0.3 is 0 Å². The zero-order valence-electron chi connectivity index (χ0n) is 14.6. The van der Waals surface area contributed by atoms with E-state index in [9.17, 15) is 14.4 Å². The molecular weight excluding hydrogens is 410 g/mol. The second-order valence-electron chi connectivity index (χ2n) is 6.17. The molecule has 1 aliphatic heterocycles. The van der Waals surface area contributed by atoms with Crippen LogP contribution in [0.15, 0.2) is 46.9 Å². The summed E-state index contributed by atoms with van der Waals surface area (Å²) in [7, 11) is 1.66. The van der Waals surface area contributed by atoms with Gasteiger partial charge in [-0.1, -0.05) is 15.9 Å². The fraction of sp³-hybridized carbons (Fsp3) is 0.200.